The number of unbranched alkanes of at least 4 members (excludes halogenated alkanes) is 28. The van der Waals surface area contributed by atoms with Crippen LogP contribution in [0.4, 0.5) is 0 Å². The van der Waals surface area contributed by atoms with E-state index in [1.165, 1.54) is 141 Å². The SMILES string of the molecule is CCCCCCC/C=C\CCCCCCCC(=O)NC(COC1OC(CO)C(O)C(O)C1O)C(O)/C=C/CCCCCCCCCCCCCCCCCCCC. The summed E-state index contributed by atoms with van der Waals surface area (Å²) in [6, 6.07) is -0.806. The Morgan fingerprint density at radius 1 is 0.579 bits per heavy atom. The first-order valence-corrected chi connectivity index (χ1v) is 24.1. The lowest BCUT2D eigenvalue weighted by atomic mass is 9.99. The molecule has 1 aliphatic rings. The summed E-state index contributed by atoms with van der Waals surface area (Å²) >= 11 is 0. The zero-order valence-electron chi connectivity index (χ0n) is 36.9. The van der Waals surface area contributed by atoms with Crippen LogP contribution in [-0.4, -0.2) is 87.5 Å². The van der Waals surface area contributed by atoms with Gasteiger partial charge in [0.1, 0.15) is 24.4 Å². The fourth-order valence-corrected chi connectivity index (χ4v) is 7.62. The number of aliphatic hydroxyl groups is 5. The van der Waals surface area contributed by atoms with Crippen LogP contribution in [0.3, 0.4) is 0 Å². The molecule has 1 rings (SSSR count). The molecule has 1 amide bonds. The van der Waals surface area contributed by atoms with Crippen molar-refractivity contribution in [3.05, 3.63) is 24.3 Å². The maximum Gasteiger partial charge on any atom is 0.220 e. The molecule has 57 heavy (non-hydrogen) atoms. The van der Waals surface area contributed by atoms with Gasteiger partial charge in [-0.1, -0.05) is 192 Å². The Labute approximate surface area is 349 Å². The van der Waals surface area contributed by atoms with Gasteiger partial charge in [-0.25, -0.2) is 0 Å². The van der Waals surface area contributed by atoms with Gasteiger partial charge < -0.3 is 40.3 Å². The van der Waals surface area contributed by atoms with Crippen molar-refractivity contribution in [2.24, 2.45) is 0 Å². The van der Waals surface area contributed by atoms with Gasteiger partial charge >= 0.3 is 0 Å². The summed E-state index contributed by atoms with van der Waals surface area (Å²) < 4.78 is 11.2. The van der Waals surface area contributed by atoms with Crippen molar-refractivity contribution in [2.45, 2.75) is 262 Å². The molecule has 9 heteroatoms. The summed E-state index contributed by atoms with van der Waals surface area (Å²) in [4.78, 5) is 12.9. The third-order valence-electron chi connectivity index (χ3n) is 11.5. The van der Waals surface area contributed by atoms with E-state index in [2.05, 4.69) is 31.3 Å². The van der Waals surface area contributed by atoms with Gasteiger partial charge in [0.2, 0.25) is 5.91 Å². The number of ether oxygens (including phenoxy) is 2. The van der Waals surface area contributed by atoms with Crippen molar-refractivity contribution < 1.29 is 39.8 Å². The summed E-state index contributed by atoms with van der Waals surface area (Å²) in [7, 11) is 0. The Morgan fingerprint density at radius 3 is 1.42 bits per heavy atom. The number of allylic oxidation sites excluding steroid dienone is 3. The minimum atomic E-state index is -1.57. The van der Waals surface area contributed by atoms with Crippen LogP contribution in [-0.2, 0) is 14.3 Å². The molecule has 1 saturated heterocycles. The second-order valence-electron chi connectivity index (χ2n) is 16.9. The quantitative estimate of drug-likeness (QED) is 0.0265. The minimum absolute atomic E-state index is 0.185. The Kier molecular flexibility index (Phi) is 36.6. The van der Waals surface area contributed by atoms with Crippen molar-refractivity contribution in [2.75, 3.05) is 13.2 Å². The van der Waals surface area contributed by atoms with Crippen molar-refractivity contribution in [3.8, 4) is 0 Å². The zero-order chi connectivity index (χ0) is 41.6. The van der Waals surface area contributed by atoms with Crippen molar-refractivity contribution in [1.82, 2.24) is 5.32 Å². The first-order chi connectivity index (χ1) is 27.8. The molecule has 0 spiro atoms. The number of hydrogen-bond donors (Lipinski definition) is 6. The first kappa shape index (κ1) is 53.7. The van der Waals surface area contributed by atoms with Crippen LogP contribution in [0.15, 0.2) is 24.3 Å². The van der Waals surface area contributed by atoms with Crippen LogP contribution >= 0.6 is 0 Å². The molecule has 7 atom stereocenters. The molecule has 1 heterocycles. The van der Waals surface area contributed by atoms with Gasteiger partial charge in [-0.05, 0) is 44.9 Å². The molecule has 9 nitrogen and oxygen atoms in total. The molecule has 0 aromatic rings. The lowest BCUT2D eigenvalue weighted by Gasteiger charge is -2.40. The maximum atomic E-state index is 12.9. The Balaban J connectivity index is 2.33. The summed E-state index contributed by atoms with van der Waals surface area (Å²) in [5.74, 6) is -0.185. The molecule has 336 valence electrons. The van der Waals surface area contributed by atoms with E-state index in [9.17, 15) is 30.3 Å². The molecule has 0 aromatic heterocycles. The van der Waals surface area contributed by atoms with E-state index in [-0.39, 0.29) is 12.5 Å². The predicted octanol–water partition coefficient (Wildman–Crippen LogP) is 10.3. The van der Waals surface area contributed by atoms with Gasteiger partial charge in [-0.3, -0.25) is 4.79 Å². The average Bonchev–Trinajstić information content (AvgIpc) is 3.21. The van der Waals surface area contributed by atoms with Crippen LogP contribution in [0.5, 0.6) is 0 Å². The highest BCUT2D eigenvalue weighted by atomic mass is 16.7. The van der Waals surface area contributed by atoms with Crippen LogP contribution in [0, 0.1) is 0 Å². The summed E-state index contributed by atoms with van der Waals surface area (Å²) in [6.45, 7) is 3.77. The van der Waals surface area contributed by atoms with E-state index < -0.39 is 49.5 Å². The van der Waals surface area contributed by atoms with Crippen LogP contribution in [0.25, 0.3) is 0 Å². The standard InChI is InChI=1S/C48H91NO8/c1-3-5-7-9-11-13-15-17-19-20-21-22-23-24-25-27-29-31-33-35-37-42(51)41(40-56-48-47(55)46(54)45(53)43(39-50)57-48)49-44(52)38-36-34-32-30-28-26-18-16-14-12-10-8-6-4-2/h16,18,35,37,41-43,45-48,50-51,53-55H,3-15,17,19-34,36,38-40H2,1-2H3,(H,49,52)/b18-16-,37-35+. The number of carbonyl (C=O) groups excluding carboxylic acids is 1. The monoisotopic (exact) mass is 810 g/mol. The van der Waals surface area contributed by atoms with Crippen molar-refractivity contribution in [3.63, 3.8) is 0 Å². The highest BCUT2D eigenvalue weighted by Gasteiger charge is 2.44. The maximum absolute atomic E-state index is 12.9. The van der Waals surface area contributed by atoms with Gasteiger partial charge in [0.15, 0.2) is 6.29 Å². The molecule has 1 fully saturated rings. The number of aliphatic hydroxyl groups excluding tert-OH is 5. The molecular weight excluding hydrogens is 719 g/mol. The van der Waals surface area contributed by atoms with E-state index in [4.69, 9.17) is 9.47 Å². The molecule has 0 aliphatic carbocycles. The molecule has 0 aromatic carbocycles. The first-order valence-electron chi connectivity index (χ1n) is 24.1. The van der Waals surface area contributed by atoms with Gasteiger partial charge in [-0.15, -0.1) is 0 Å². The van der Waals surface area contributed by atoms with Gasteiger partial charge in [0.25, 0.3) is 0 Å². The topological polar surface area (TPSA) is 149 Å². The molecule has 0 bridgehead atoms. The minimum Gasteiger partial charge on any atom is -0.394 e. The third-order valence-corrected chi connectivity index (χ3v) is 11.5. The van der Waals surface area contributed by atoms with Gasteiger partial charge in [0, 0.05) is 6.42 Å². The Hall–Kier alpha value is -1.33. The van der Waals surface area contributed by atoms with E-state index in [1.54, 1.807) is 6.08 Å². The smallest absolute Gasteiger partial charge is 0.220 e. The van der Waals surface area contributed by atoms with E-state index >= 15 is 0 Å². The van der Waals surface area contributed by atoms with E-state index in [1.807, 2.05) is 6.08 Å². The van der Waals surface area contributed by atoms with Crippen molar-refractivity contribution in [1.29, 1.82) is 0 Å². The molecular formula is C48H91NO8. The summed E-state index contributed by atoms with van der Waals surface area (Å²) in [6.07, 6.45) is 39.3. The number of nitrogens with one attached hydrogen (secondary N) is 1. The number of amides is 1. The number of carbonyl (C=O) groups is 1. The second kappa shape index (κ2) is 38.8. The van der Waals surface area contributed by atoms with Crippen LogP contribution in [0.1, 0.15) is 219 Å². The van der Waals surface area contributed by atoms with Crippen LogP contribution < -0.4 is 5.32 Å². The van der Waals surface area contributed by atoms with Crippen molar-refractivity contribution >= 4 is 5.91 Å². The van der Waals surface area contributed by atoms with E-state index in [0.717, 1.165) is 57.8 Å². The molecule has 7 unspecified atom stereocenters. The zero-order valence-corrected chi connectivity index (χ0v) is 36.9. The van der Waals surface area contributed by atoms with Crippen LogP contribution in [0.2, 0.25) is 0 Å². The lowest BCUT2D eigenvalue weighted by molar-refractivity contribution is -0.302. The number of hydrogen-bond acceptors (Lipinski definition) is 8. The molecule has 1 aliphatic heterocycles. The van der Waals surface area contributed by atoms with Gasteiger partial charge in [0.05, 0.1) is 25.4 Å². The number of rotatable bonds is 40. The fourth-order valence-electron chi connectivity index (χ4n) is 7.62. The van der Waals surface area contributed by atoms with Gasteiger partial charge in [-0.2, -0.15) is 0 Å². The second-order valence-corrected chi connectivity index (χ2v) is 16.9. The fraction of sp³-hybridized carbons (Fsp3) is 0.896. The summed E-state index contributed by atoms with van der Waals surface area (Å²) in [5.41, 5.74) is 0. The predicted molar refractivity (Wildman–Crippen MR) is 235 cm³/mol. The molecule has 0 saturated carbocycles. The highest BCUT2D eigenvalue weighted by molar-refractivity contribution is 5.76. The third kappa shape index (κ3) is 29.5. The highest BCUT2D eigenvalue weighted by Crippen LogP contribution is 2.23. The lowest BCUT2D eigenvalue weighted by Crippen LogP contribution is -2.60. The largest absolute Gasteiger partial charge is 0.394 e. The molecule has 6 N–H and O–H groups in total. The molecule has 0 radical (unpaired) electrons. The summed E-state index contributed by atoms with van der Waals surface area (Å²) in [5, 5.41) is 54.2. The Morgan fingerprint density at radius 2 is 0.982 bits per heavy atom. The normalized spacial score (nSPS) is 21.1. The Bertz CT molecular complexity index is 945. The average molecular weight is 810 g/mol. The van der Waals surface area contributed by atoms with E-state index in [0.29, 0.717) is 6.42 Å².